The molecule has 0 radical (unpaired) electrons. The van der Waals surface area contributed by atoms with Gasteiger partial charge in [-0.15, -0.1) is 0 Å². The van der Waals surface area contributed by atoms with E-state index in [9.17, 15) is 0 Å². The van der Waals surface area contributed by atoms with Crippen LogP contribution in [0.1, 0.15) is 53.4 Å². The standard InChI is InChI=1S/C16H33N3/c1-13(2)18-8-5-6-16(12-17,7-9-18)19-11-14(3)10-15(19)4/h13-15H,5-12,17H2,1-4H3. The topological polar surface area (TPSA) is 32.5 Å². The van der Waals surface area contributed by atoms with Crippen molar-refractivity contribution in [1.82, 2.24) is 9.80 Å². The Hall–Kier alpha value is -0.120. The van der Waals surface area contributed by atoms with Crippen LogP contribution in [-0.2, 0) is 0 Å². The van der Waals surface area contributed by atoms with E-state index >= 15 is 0 Å². The summed E-state index contributed by atoms with van der Waals surface area (Å²) in [4.78, 5) is 5.38. The van der Waals surface area contributed by atoms with Crippen molar-refractivity contribution in [3.63, 3.8) is 0 Å². The zero-order valence-electron chi connectivity index (χ0n) is 13.4. The van der Waals surface area contributed by atoms with E-state index in [4.69, 9.17) is 5.73 Å². The number of hydrogen-bond donors (Lipinski definition) is 1. The molecule has 2 saturated heterocycles. The Bertz CT molecular complexity index is 292. The monoisotopic (exact) mass is 267 g/mol. The van der Waals surface area contributed by atoms with Gasteiger partial charge in [0.25, 0.3) is 0 Å². The quantitative estimate of drug-likeness (QED) is 0.852. The van der Waals surface area contributed by atoms with E-state index < -0.39 is 0 Å². The van der Waals surface area contributed by atoms with Crippen LogP contribution in [0.3, 0.4) is 0 Å². The maximum atomic E-state index is 6.26. The molecule has 2 aliphatic rings. The lowest BCUT2D eigenvalue weighted by atomic mass is 9.88. The Morgan fingerprint density at radius 3 is 2.47 bits per heavy atom. The van der Waals surface area contributed by atoms with Crippen molar-refractivity contribution >= 4 is 0 Å². The van der Waals surface area contributed by atoms with Crippen LogP contribution in [0, 0.1) is 5.92 Å². The maximum absolute atomic E-state index is 6.26. The fourth-order valence-corrected chi connectivity index (χ4v) is 4.29. The molecule has 0 aromatic heterocycles. The summed E-state index contributed by atoms with van der Waals surface area (Å²) in [5, 5.41) is 0. The van der Waals surface area contributed by atoms with Gasteiger partial charge in [0.2, 0.25) is 0 Å². The van der Waals surface area contributed by atoms with Gasteiger partial charge in [0, 0.05) is 37.3 Å². The van der Waals surface area contributed by atoms with Crippen LogP contribution in [0.5, 0.6) is 0 Å². The summed E-state index contributed by atoms with van der Waals surface area (Å²) in [6.45, 7) is 14.0. The van der Waals surface area contributed by atoms with Crippen LogP contribution >= 0.6 is 0 Å². The lowest BCUT2D eigenvalue weighted by Crippen LogP contribution is -2.55. The molecule has 0 amide bonds. The first kappa shape index (κ1) is 15.3. The second-order valence-corrected chi connectivity index (χ2v) is 7.25. The molecule has 0 spiro atoms. The molecule has 0 saturated carbocycles. The lowest BCUT2D eigenvalue weighted by Gasteiger charge is -2.43. The predicted octanol–water partition coefficient (Wildman–Crippen LogP) is 2.31. The lowest BCUT2D eigenvalue weighted by molar-refractivity contribution is 0.0684. The second-order valence-electron chi connectivity index (χ2n) is 7.25. The van der Waals surface area contributed by atoms with Crippen molar-refractivity contribution in [3.8, 4) is 0 Å². The molecule has 2 aliphatic heterocycles. The zero-order chi connectivity index (χ0) is 14.0. The molecule has 0 aromatic rings. The number of nitrogens with two attached hydrogens (primary N) is 1. The minimum atomic E-state index is 0.272. The first-order chi connectivity index (χ1) is 8.98. The SMILES string of the molecule is CC1CC(C)N(C2(CN)CCCN(C(C)C)CC2)C1. The van der Waals surface area contributed by atoms with Crippen molar-refractivity contribution in [2.24, 2.45) is 11.7 Å². The highest BCUT2D eigenvalue weighted by atomic mass is 15.3. The first-order valence-corrected chi connectivity index (χ1v) is 8.19. The summed E-state index contributed by atoms with van der Waals surface area (Å²) in [6, 6.07) is 1.38. The summed E-state index contributed by atoms with van der Waals surface area (Å²) >= 11 is 0. The second kappa shape index (κ2) is 6.11. The van der Waals surface area contributed by atoms with E-state index in [0.29, 0.717) is 12.1 Å². The Morgan fingerprint density at radius 2 is 1.95 bits per heavy atom. The van der Waals surface area contributed by atoms with Crippen molar-refractivity contribution < 1.29 is 0 Å². The minimum absolute atomic E-state index is 0.272. The highest BCUT2D eigenvalue weighted by Crippen LogP contribution is 2.36. The third-order valence-electron chi connectivity index (χ3n) is 5.46. The van der Waals surface area contributed by atoms with Crippen LogP contribution in [-0.4, -0.2) is 53.6 Å². The van der Waals surface area contributed by atoms with Gasteiger partial charge in [-0.25, -0.2) is 0 Å². The fraction of sp³-hybridized carbons (Fsp3) is 1.00. The molecule has 0 aromatic carbocycles. The van der Waals surface area contributed by atoms with Gasteiger partial charge in [0.1, 0.15) is 0 Å². The molecule has 0 aliphatic carbocycles. The van der Waals surface area contributed by atoms with E-state index in [1.807, 2.05) is 0 Å². The zero-order valence-corrected chi connectivity index (χ0v) is 13.4. The molecule has 3 heteroatoms. The molecule has 112 valence electrons. The molecule has 2 fully saturated rings. The molecule has 3 unspecified atom stereocenters. The maximum Gasteiger partial charge on any atom is 0.0347 e. The first-order valence-electron chi connectivity index (χ1n) is 8.19. The van der Waals surface area contributed by atoms with Gasteiger partial charge in [-0.05, 0) is 58.9 Å². The molecular weight excluding hydrogens is 234 g/mol. The molecule has 3 atom stereocenters. The van der Waals surface area contributed by atoms with Crippen molar-refractivity contribution in [2.45, 2.75) is 71.0 Å². The Labute approximate surface area is 119 Å². The fourth-order valence-electron chi connectivity index (χ4n) is 4.29. The predicted molar refractivity (Wildman–Crippen MR) is 82.3 cm³/mol. The van der Waals surface area contributed by atoms with Crippen molar-refractivity contribution in [1.29, 1.82) is 0 Å². The number of rotatable bonds is 3. The molecule has 2 N–H and O–H groups in total. The number of hydrogen-bond acceptors (Lipinski definition) is 3. The summed E-state index contributed by atoms with van der Waals surface area (Å²) in [5.41, 5.74) is 6.53. The van der Waals surface area contributed by atoms with Crippen molar-refractivity contribution in [3.05, 3.63) is 0 Å². The van der Waals surface area contributed by atoms with Gasteiger partial charge in [0.05, 0.1) is 0 Å². The van der Waals surface area contributed by atoms with Crippen LogP contribution < -0.4 is 5.73 Å². The van der Waals surface area contributed by atoms with Crippen LogP contribution in [0.2, 0.25) is 0 Å². The summed E-state index contributed by atoms with van der Waals surface area (Å²) in [5.74, 6) is 0.836. The molecular formula is C16H33N3. The largest absolute Gasteiger partial charge is 0.329 e. The molecule has 3 nitrogen and oxygen atoms in total. The molecule has 2 heterocycles. The minimum Gasteiger partial charge on any atom is -0.329 e. The summed E-state index contributed by atoms with van der Waals surface area (Å²) in [7, 11) is 0. The van der Waals surface area contributed by atoms with Crippen molar-refractivity contribution in [2.75, 3.05) is 26.2 Å². The van der Waals surface area contributed by atoms with Gasteiger partial charge in [-0.1, -0.05) is 6.92 Å². The Balaban J connectivity index is 2.10. The molecule has 19 heavy (non-hydrogen) atoms. The normalized spacial score (nSPS) is 38.8. The van der Waals surface area contributed by atoms with E-state index in [-0.39, 0.29) is 5.54 Å². The average molecular weight is 267 g/mol. The van der Waals surface area contributed by atoms with Crippen LogP contribution in [0.15, 0.2) is 0 Å². The number of likely N-dealkylation sites (tertiary alicyclic amines) is 2. The van der Waals surface area contributed by atoms with Crippen LogP contribution in [0.25, 0.3) is 0 Å². The van der Waals surface area contributed by atoms with Gasteiger partial charge in [0.15, 0.2) is 0 Å². The average Bonchev–Trinajstić information content (AvgIpc) is 2.61. The highest BCUT2D eigenvalue weighted by molar-refractivity contribution is 5.00. The van der Waals surface area contributed by atoms with E-state index in [2.05, 4.69) is 37.5 Å². The Kier molecular flexibility index (Phi) is 4.91. The Morgan fingerprint density at radius 1 is 1.21 bits per heavy atom. The highest BCUT2D eigenvalue weighted by Gasteiger charge is 2.42. The van der Waals surface area contributed by atoms with E-state index in [1.54, 1.807) is 0 Å². The van der Waals surface area contributed by atoms with E-state index in [0.717, 1.165) is 12.5 Å². The number of nitrogens with zero attached hydrogens (tertiary/aromatic N) is 2. The van der Waals surface area contributed by atoms with Gasteiger partial charge in [-0.3, -0.25) is 4.90 Å². The third kappa shape index (κ3) is 3.14. The third-order valence-corrected chi connectivity index (χ3v) is 5.46. The van der Waals surface area contributed by atoms with Gasteiger partial charge < -0.3 is 10.6 Å². The van der Waals surface area contributed by atoms with Gasteiger partial charge in [-0.2, -0.15) is 0 Å². The molecule has 0 bridgehead atoms. The van der Waals surface area contributed by atoms with E-state index in [1.165, 1.54) is 45.3 Å². The summed E-state index contributed by atoms with van der Waals surface area (Å²) < 4.78 is 0. The van der Waals surface area contributed by atoms with Gasteiger partial charge >= 0.3 is 0 Å². The smallest absolute Gasteiger partial charge is 0.0347 e. The van der Waals surface area contributed by atoms with Crippen LogP contribution in [0.4, 0.5) is 0 Å². The summed E-state index contributed by atoms with van der Waals surface area (Å²) in [6.07, 6.45) is 5.17. The molecule has 2 rings (SSSR count).